The molecule has 0 aromatic heterocycles. The van der Waals surface area contributed by atoms with Gasteiger partial charge >= 0.3 is 0 Å². The number of carbonyl (C=O) groups excluding carboxylic acids is 1. The molecule has 0 aromatic carbocycles. The van der Waals surface area contributed by atoms with E-state index >= 15 is 0 Å². The predicted molar refractivity (Wildman–Crippen MR) is 47.0 cm³/mol. The maximum atomic E-state index is 11.1. The van der Waals surface area contributed by atoms with Gasteiger partial charge in [0.05, 0.1) is 0 Å². The van der Waals surface area contributed by atoms with Crippen LogP contribution in [0.2, 0.25) is 0 Å². The second kappa shape index (κ2) is 2.53. The number of fused-ring (bicyclic) bond motifs is 1. The third-order valence-corrected chi connectivity index (χ3v) is 2.87. The molecule has 0 spiro atoms. The van der Waals surface area contributed by atoms with Crippen molar-refractivity contribution in [3.63, 3.8) is 0 Å². The van der Waals surface area contributed by atoms with Gasteiger partial charge in [0.2, 0.25) is 0 Å². The van der Waals surface area contributed by atoms with Crippen molar-refractivity contribution in [1.29, 1.82) is 0 Å². The molecule has 0 aliphatic heterocycles. The third-order valence-electron chi connectivity index (χ3n) is 2.87. The molecule has 0 radical (unpaired) electrons. The van der Waals surface area contributed by atoms with Crippen LogP contribution in [0.4, 0.5) is 0 Å². The Balaban J connectivity index is 2.43. The van der Waals surface area contributed by atoms with Crippen molar-refractivity contribution in [3.05, 3.63) is 24.3 Å². The molecule has 2 atom stereocenters. The number of rotatable bonds is 0. The van der Waals surface area contributed by atoms with Crippen molar-refractivity contribution < 1.29 is 15.0 Å². The van der Waals surface area contributed by atoms with Gasteiger partial charge < -0.3 is 10.2 Å². The summed E-state index contributed by atoms with van der Waals surface area (Å²) in [6.45, 7) is 0. The van der Waals surface area contributed by atoms with Gasteiger partial charge in [-0.05, 0) is 18.6 Å². The van der Waals surface area contributed by atoms with Crippen molar-refractivity contribution in [1.82, 2.24) is 0 Å². The monoisotopic (exact) mass is 180 g/mol. The smallest absolute Gasteiger partial charge is 0.158 e. The van der Waals surface area contributed by atoms with Crippen LogP contribution >= 0.6 is 0 Å². The van der Waals surface area contributed by atoms with Crippen molar-refractivity contribution in [2.75, 3.05) is 0 Å². The third kappa shape index (κ3) is 1.16. The number of carbonyl (C=O) groups is 1. The van der Waals surface area contributed by atoms with Crippen LogP contribution in [0.5, 0.6) is 0 Å². The average Bonchev–Trinajstić information content (AvgIpc) is 2.07. The zero-order chi connectivity index (χ0) is 9.53. The minimum Gasteiger partial charge on any atom is -0.386 e. The first-order chi connectivity index (χ1) is 6.06. The van der Waals surface area contributed by atoms with E-state index in [1.807, 2.05) is 6.08 Å². The summed E-state index contributed by atoms with van der Waals surface area (Å²) in [6.07, 6.45) is 7.16. The minimum atomic E-state index is -1.28. The van der Waals surface area contributed by atoms with Gasteiger partial charge in [-0.25, -0.2) is 0 Å². The molecule has 3 nitrogen and oxygen atoms in total. The molecule has 0 bridgehead atoms. The molecule has 0 saturated heterocycles. The van der Waals surface area contributed by atoms with Crippen molar-refractivity contribution in [2.45, 2.75) is 30.5 Å². The van der Waals surface area contributed by atoms with E-state index < -0.39 is 11.2 Å². The lowest BCUT2D eigenvalue weighted by atomic mass is 9.69. The molecule has 0 heterocycles. The predicted octanol–water partition coefficient (Wildman–Crippen LogP) is 0.328. The molecule has 0 amide bonds. The Bertz CT molecular complexity index is 305. The Morgan fingerprint density at radius 2 is 1.92 bits per heavy atom. The zero-order valence-corrected chi connectivity index (χ0v) is 7.23. The van der Waals surface area contributed by atoms with Crippen LogP contribution in [0.25, 0.3) is 0 Å². The van der Waals surface area contributed by atoms with E-state index in [4.69, 9.17) is 0 Å². The second-order valence-electron chi connectivity index (χ2n) is 3.81. The molecular formula is C10H12O3. The van der Waals surface area contributed by atoms with Gasteiger partial charge in [0.1, 0.15) is 11.2 Å². The van der Waals surface area contributed by atoms with Crippen molar-refractivity contribution >= 4 is 5.78 Å². The molecule has 0 unspecified atom stereocenters. The van der Waals surface area contributed by atoms with E-state index in [9.17, 15) is 15.0 Å². The largest absolute Gasteiger partial charge is 0.386 e. The van der Waals surface area contributed by atoms with Crippen LogP contribution in [0.1, 0.15) is 19.3 Å². The Morgan fingerprint density at radius 3 is 2.69 bits per heavy atom. The topological polar surface area (TPSA) is 57.5 Å². The fourth-order valence-corrected chi connectivity index (χ4v) is 1.93. The summed E-state index contributed by atoms with van der Waals surface area (Å²) in [5, 5.41) is 20.1. The van der Waals surface area contributed by atoms with Crippen molar-refractivity contribution in [3.8, 4) is 0 Å². The van der Waals surface area contributed by atoms with Gasteiger partial charge in [-0.2, -0.15) is 0 Å². The lowest BCUT2D eigenvalue weighted by Crippen LogP contribution is -2.56. The molecule has 2 N–H and O–H groups in total. The maximum Gasteiger partial charge on any atom is 0.158 e. The molecule has 70 valence electrons. The molecule has 2 aliphatic rings. The number of aliphatic hydroxyl groups is 2. The Kier molecular flexibility index (Phi) is 1.68. The number of ketones is 1. The zero-order valence-electron chi connectivity index (χ0n) is 7.23. The van der Waals surface area contributed by atoms with Crippen LogP contribution in [-0.4, -0.2) is 27.2 Å². The van der Waals surface area contributed by atoms with Crippen LogP contribution in [0, 0.1) is 0 Å². The van der Waals surface area contributed by atoms with Gasteiger partial charge in [0.25, 0.3) is 0 Å². The average molecular weight is 180 g/mol. The first-order valence-corrected chi connectivity index (χ1v) is 4.38. The quantitative estimate of drug-likeness (QED) is 0.528. The van der Waals surface area contributed by atoms with Gasteiger partial charge in [0, 0.05) is 12.8 Å². The molecule has 0 saturated carbocycles. The molecule has 0 aromatic rings. The first kappa shape index (κ1) is 8.66. The lowest BCUT2D eigenvalue weighted by Gasteiger charge is -2.44. The van der Waals surface area contributed by atoms with Gasteiger partial charge in [-0.1, -0.05) is 12.2 Å². The summed E-state index contributed by atoms with van der Waals surface area (Å²) >= 11 is 0. The fourth-order valence-electron chi connectivity index (χ4n) is 1.93. The summed E-state index contributed by atoms with van der Waals surface area (Å²) in [7, 11) is 0. The number of hydrogen-bond donors (Lipinski definition) is 2. The standard InChI is InChI=1S/C10H12O3/c11-8-3-6-9(12)4-1-2-5-10(9,13)7-8/h1-3,6,12-13H,4-5,7H2/t9-,10-/m1/s1. The molecule has 0 fully saturated rings. The first-order valence-electron chi connectivity index (χ1n) is 4.38. The summed E-state index contributed by atoms with van der Waals surface area (Å²) in [5.41, 5.74) is -2.52. The van der Waals surface area contributed by atoms with E-state index in [1.54, 1.807) is 6.08 Å². The SMILES string of the molecule is O=C1C=C[C@]2(O)CC=CC[C@@]2(O)C1. The highest BCUT2D eigenvalue weighted by Crippen LogP contribution is 2.40. The van der Waals surface area contributed by atoms with E-state index in [2.05, 4.69) is 0 Å². The highest BCUT2D eigenvalue weighted by Gasteiger charge is 2.50. The van der Waals surface area contributed by atoms with Crippen LogP contribution in [0.15, 0.2) is 24.3 Å². The molecule has 13 heavy (non-hydrogen) atoms. The highest BCUT2D eigenvalue weighted by molar-refractivity contribution is 5.92. The van der Waals surface area contributed by atoms with Crippen LogP contribution in [-0.2, 0) is 4.79 Å². The molecule has 2 rings (SSSR count). The fraction of sp³-hybridized carbons (Fsp3) is 0.500. The number of allylic oxidation sites excluding steroid dienone is 1. The van der Waals surface area contributed by atoms with E-state index in [1.165, 1.54) is 12.2 Å². The van der Waals surface area contributed by atoms with E-state index in [0.29, 0.717) is 12.8 Å². The normalized spacial score (nSPS) is 43.4. The summed E-state index contributed by atoms with van der Waals surface area (Å²) in [6, 6.07) is 0. The number of hydrogen-bond acceptors (Lipinski definition) is 3. The van der Waals surface area contributed by atoms with Gasteiger partial charge in [-0.3, -0.25) is 4.79 Å². The minimum absolute atomic E-state index is 0.0182. The second-order valence-corrected chi connectivity index (χ2v) is 3.81. The van der Waals surface area contributed by atoms with E-state index in [0.717, 1.165) is 0 Å². The summed E-state index contributed by atoms with van der Waals surface area (Å²) in [5.74, 6) is -0.123. The van der Waals surface area contributed by atoms with Gasteiger partial charge in [-0.15, -0.1) is 0 Å². The van der Waals surface area contributed by atoms with Crippen LogP contribution < -0.4 is 0 Å². The molecule has 2 aliphatic carbocycles. The highest BCUT2D eigenvalue weighted by atomic mass is 16.4. The van der Waals surface area contributed by atoms with Gasteiger partial charge in [0.15, 0.2) is 5.78 Å². The Hall–Kier alpha value is -0.930. The maximum absolute atomic E-state index is 11.1. The van der Waals surface area contributed by atoms with E-state index in [-0.39, 0.29) is 12.2 Å². The summed E-state index contributed by atoms with van der Waals surface area (Å²) in [4.78, 5) is 11.1. The summed E-state index contributed by atoms with van der Waals surface area (Å²) < 4.78 is 0. The molecular weight excluding hydrogens is 168 g/mol. The molecule has 3 heteroatoms. The lowest BCUT2D eigenvalue weighted by molar-refractivity contribution is -0.148. The Labute approximate surface area is 76.4 Å². The van der Waals surface area contributed by atoms with Crippen LogP contribution in [0.3, 0.4) is 0 Å². The van der Waals surface area contributed by atoms with Crippen molar-refractivity contribution in [2.24, 2.45) is 0 Å². The Morgan fingerprint density at radius 1 is 1.23 bits per heavy atom.